The average molecular weight is 416 g/mol. The molecule has 29 heavy (non-hydrogen) atoms. The van der Waals surface area contributed by atoms with E-state index in [-0.39, 0.29) is 30.3 Å². The van der Waals surface area contributed by atoms with Crippen LogP contribution in [0.3, 0.4) is 0 Å². The number of hydrogen-bond donors (Lipinski definition) is 3. The quantitative estimate of drug-likeness (QED) is 0.630. The summed E-state index contributed by atoms with van der Waals surface area (Å²) in [7, 11) is 0. The van der Waals surface area contributed by atoms with Crippen LogP contribution >= 0.6 is 12.4 Å². The van der Waals surface area contributed by atoms with Gasteiger partial charge >= 0.3 is 0 Å². The molecule has 3 rings (SSSR count). The van der Waals surface area contributed by atoms with Gasteiger partial charge in [-0.1, -0.05) is 42.5 Å². The molecule has 1 atom stereocenters. The number of rotatable bonds is 7. The molecule has 5 nitrogen and oxygen atoms in total. The number of para-hydroxylation sites is 1. The van der Waals surface area contributed by atoms with E-state index in [4.69, 9.17) is 0 Å². The first-order valence-electron chi connectivity index (χ1n) is 10.1. The van der Waals surface area contributed by atoms with Crippen LogP contribution in [0.1, 0.15) is 54.6 Å². The number of anilines is 1. The fraction of sp³-hybridized carbons (Fsp3) is 0.391. The van der Waals surface area contributed by atoms with E-state index >= 15 is 0 Å². The zero-order chi connectivity index (χ0) is 19.8. The van der Waals surface area contributed by atoms with Crippen LogP contribution in [0.2, 0.25) is 0 Å². The Hall–Kier alpha value is -2.37. The van der Waals surface area contributed by atoms with E-state index in [1.54, 1.807) is 12.1 Å². The predicted octanol–water partition coefficient (Wildman–Crippen LogP) is 4.32. The highest BCUT2D eigenvalue weighted by molar-refractivity contribution is 6.03. The predicted molar refractivity (Wildman–Crippen MR) is 119 cm³/mol. The Morgan fingerprint density at radius 2 is 1.69 bits per heavy atom. The Labute approximate surface area is 179 Å². The molecule has 0 saturated carbocycles. The van der Waals surface area contributed by atoms with E-state index in [0.29, 0.717) is 23.6 Å². The van der Waals surface area contributed by atoms with Gasteiger partial charge in [0.15, 0.2) is 0 Å². The molecule has 156 valence electrons. The topological polar surface area (TPSA) is 70.2 Å². The highest BCUT2D eigenvalue weighted by Crippen LogP contribution is 2.21. The van der Waals surface area contributed by atoms with Crippen LogP contribution in [-0.4, -0.2) is 24.9 Å². The maximum Gasteiger partial charge on any atom is 0.253 e. The normalized spacial score (nSPS) is 15.1. The molecular weight excluding hydrogens is 386 g/mol. The van der Waals surface area contributed by atoms with E-state index in [1.165, 1.54) is 0 Å². The monoisotopic (exact) mass is 415 g/mol. The van der Waals surface area contributed by atoms with E-state index < -0.39 is 0 Å². The number of carbonyl (C=O) groups is 2. The number of hydrogen-bond acceptors (Lipinski definition) is 3. The van der Waals surface area contributed by atoms with Crippen molar-refractivity contribution in [1.82, 2.24) is 10.6 Å². The minimum absolute atomic E-state index is 0. The highest BCUT2D eigenvalue weighted by Gasteiger charge is 2.18. The first kappa shape index (κ1) is 22.9. The molecule has 0 aliphatic carbocycles. The van der Waals surface area contributed by atoms with E-state index in [9.17, 15) is 9.59 Å². The number of nitrogens with one attached hydrogen (secondary N) is 3. The zero-order valence-corrected chi connectivity index (χ0v) is 17.6. The molecule has 0 radical (unpaired) electrons. The molecule has 1 aliphatic rings. The molecule has 2 aromatic carbocycles. The van der Waals surface area contributed by atoms with Gasteiger partial charge in [0.2, 0.25) is 5.91 Å². The Morgan fingerprint density at radius 3 is 2.41 bits per heavy atom. The molecule has 3 N–H and O–H groups in total. The van der Waals surface area contributed by atoms with Crippen LogP contribution in [-0.2, 0) is 4.79 Å². The van der Waals surface area contributed by atoms with Crippen molar-refractivity contribution in [2.24, 2.45) is 5.92 Å². The Kier molecular flexibility index (Phi) is 9.16. The van der Waals surface area contributed by atoms with Gasteiger partial charge in [0.05, 0.1) is 17.3 Å². The smallest absolute Gasteiger partial charge is 0.253 e. The van der Waals surface area contributed by atoms with Crippen molar-refractivity contribution in [2.75, 3.05) is 18.4 Å². The van der Waals surface area contributed by atoms with Crippen LogP contribution in [0.25, 0.3) is 0 Å². The largest absolute Gasteiger partial charge is 0.345 e. The molecule has 0 bridgehead atoms. The van der Waals surface area contributed by atoms with Gasteiger partial charge in [0.1, 0.15) is 0 Å². The molecule has 1 saturated heterocycles. The van der Waals surface area contributed by atoms with Crippen LogP contribution in [0.4, 0.5) is 5.69 Å². The van der Waals surface area contributed by atoms with Crippen molar-refractivity contribution < 1.29 is 9.59 Å². The van der Waals surface area contributed by atoms with Gasteiger partial charge < -0.3 is 16.0 Å². The summed E-state index contributed by atoms with van der Waals surface area (Å²) in [5, 5.41) is 9.29. The Balaban J connectivity index is 0.00000300. The summed E-state index contributed by atoms with van der Waals surface area (Å²) in [5.74, 6) is 0.387. The molecule has 1 fully saturated rings. The van der Waals surface area contributed by atoms with E-state index in [2.05, 4.69) is 16.0 Å². The lowest BCUT2D eigenvalue weighted by Crippen LogP contribution is -2.29. The third-order valence-corrected chi connectivity index (χ3v) is 5.33. The second kappa shape index (κ2) is 11.6. The van der Waals surface area contributed by atoms with Crippen LogP contribution in [0.5, 0.6) is 0 Å². The fourth-order valence-corrected chi connectivity index (χ4v) is 3.61. The number of halogens is 1. The Morgan fingerprint density at radius 1 is 1.03 bits per heavy atom. The van der Waals surface area contributed by atoms with Crippen molar-refractivity contribution in [3.8, 4) is 0 Å². The summed E-state index contributed by atoms with van der Waals surface area (Å²) < 4.78 is 0. The molecule has 1 aliphatic heterocycles. The molecule has 0 aromatic heterocycles. The van der Waals surface area contributed by atoms with Gasteiger partial charge in [-0.25, -0.2) is 0 Å². The van der Waals surface area contributed by atoms with E-state index in [1.807, 2.05) is 49.4 Å². The molecule has 0 spiro atoms. The van der Waals surface area contributed by atoms with Gasteiger partial charge in [0.25, 0.3) is 5.91 Å². The minimum atomic E-state index is -0.189. The fourth-order valence-electron chi connectivity index (χ4n) is 3.61. The number of benzene rings is 2. The lowest BCUT2D eigenvalue weighted by Gasteiger charge is -2.22. The number of amides is 2. The summed E-state index contributed by atoms with van der Waals surface area (Å²) in [6.45, 7) is 4.03. The van der Waals surface area contributed by atoms with Gasteiger partial charge in [-0.3, -0.25) is 9.59 Å². The van der Waals surface area contributed by atoms with Crippen molar-refractivity contribution in [1.29, 1.82) is 0 Å². The molecule has 2 aromatic rings. The summed E-state index contributed by atoms with van der Waals surface area (Å²) >= 11 is 0. The third kappa shape index (κ3) is 6.87. The van der Waals surface area contributed by atoms with Crippen molar-refractivity contribution >= 4 is 29.9 Å². The van der Waals surface area contributed by atoms with Gasteiger partial charge in [-0.15, -0.1) is 12.4 Å². The lowest BCUT2D eigenvalue weighted by atomic mass is 9.93. The SMILES string of the molecule is CC(NC(=O)c1ccccc1NC(=O)CCC1CCNCC1)c1ccccc1.Cl. The molecule has 2 amide bonds. The second-order valence-electron chi connectivity index (χ2n) is 7.43. The Bertz CT molecular complexity index is 792. The lowest BCUT2D eigenvalue weighted by molar-refractivity contribution is -0.116. The maximum absolute atomic E-state index is 12.8. The number of piperidine rings is 1. The molecule has 1 heterocycles. The highest BCUT2D eigenvalue weighted by atomic mass is 35.5. The van der Waals surface area contributed by atoms with Crippen molar-refractivity contribution in [2.45, 2.75) is 38.6 Å². The van der Waals surface area contributed by atoms with Crippen molar-refractivity contribution in [3.63, 3.8) is 0 Å². The molecule has 6 heteroatoms. The van der Waals surface area contributed by atoms with Gasteiger partial charge in [-0.05, 0) is 62.9 Å². The summed E-state index contributed by atoms with van der Waals surface area (Å²) in [6.07, 6.45) is 3.64. The van der Waals surface area contributed by atoms with Crippen molar-refractivity contribution in [3.05, 3.63) is 65.7 Å². The summed E-state index contributed by atoms with van der Waals surface area (Å²) in [4.78, 5) is 25.2. The summed E-state index contributed by atoms with van der Waals surface area (Å²) in [6, 6.07) is 16.9. The minimum Gasteiger partial charge on any atom is -0.345 e. The maximum atomic E-state index is 12.8. The first-order chi connectivity index (χ1) is 13.6. The first-order valence-corrected chi connectivity index (χ1v) is 10.1. The van der Waals surface area contributed by atoms with Gasteiger partial charge in [0, 0.05) is 6.42 Å². The van der Waals surface area contributed by atoms with Crippen LogP contribution < -0.4 is 16.0 Å². The third-order valence-electron chi connectivity index (χ3n) is 5.33. The summed E-state index contributed by atoms with van der Waals surface area (Å²) in [5.41, 5.74) is 2.09. The molecular formula is C23H30ClN3O2. The number of carbonyl (C=O) groups excluding carboxylic acids is 2. The molecule has 1 unspecified atom stereocenters. The average Bonchev–Trinajstić information content (AvgIpc) is 2.74. The zero-order valence-electron chi connectivity index (χ0n) is 16.8. The van der Waals surface area contributed by atoms with Crippen LogP contribution in [0.15, 0.2) is 54.6 Å². The standard InChI is InChI=1S/C23H29N3O2.ClH/c1-17(19-7-3-2-4-8-19)25-23(28)20-9-5-6-10-21(20)26-22(27)12-11-18-13-15-24-16-14-18;/h2-10,17-18,24H,11-16H2,1H3,(H,25,28)(H,26,27);1H. The second-order valence-corrected chi connectivity index (χ2v) is 7.43. The van der Waals surface area contributed by atoms with E-state index in [0.717, 1.165) is 37.9 Å². The van der Waals surface area contributed by atoms with Gasteiger partial charge in [-0.2, -0.15) is 0 Å². The van der Waals surface area contributed by atoms with Crippen LogP contribution in [0, 0.1) is 5.92 Å².